The minimum absolute atomic E-state index is 0.0831. The Balaban J connectivity index is 1.32. The maximum Gasteiger partial charge on any atom is 0.352 e. The number of rotatable bonds is 9. The van der Waals surface area contributed by atoms with Crippen LogP contribution in [0.2, 0.25) is 0 Å². The van der Waals surface area contributed by atoms with Crippen LogP contribution in [0.15, 0.2) is 44.5 Å². The van der Waals surface area contributed by atoms with Crippen LogP contribution in [0.3, 0.4) is 0 Å². The minimum atomic E-state index is -1.22. The molecule has 198 valence electrons. The van der Waals surface area contributed by atoms with Gasteiger partial charge in [-0.15, -0.1) is 44.6 Å². The molecule has 17 heteroatoms. The van der Waals surface area contributed by atoms with Gasteiger partial charge in [-0.05, 0) is 23.9 Å². The van der Waals surface area contributed by atoms with Crippen LogP contribution in [0.1, 0.15) is 12.6 Å². The quantitative estimate of drug-likeness (QED) is 0.123. The fraction of sp³-hybridized carbons (Fsp3) is 0.286. The molecule has 38 heavy (non-hydrogen) atoms. The Morgan fingerprint density at radius 3 is 2.87 bits per heavy atom. The number of H-pyrrole nitrogens is 1. The lowest BCUT2D eigenvalue weighted by atomic mass is 10.0. The molecule has 5 rings (SSSR count). The lowest BCUT2D eigenvalue weighted by Crippen LogP contribution is -2.71. The predicted molar refractivity (Wildman–Crippen MR) is 145 cm³/mol. The molecule has 2 amide bonds. The fourth-order valence-corrected chi connectivity index (χ4v) is 7.62. The molecule has 0 radical (unpaired) electrons. The van der Waals surface area contributed by atoms with Crippen molar-refractivity contribution in [3.05, 3.63) is 39.9 Å². The number of thiazole rings is 1. The number of aromatic nitrogens is 4. The van der Waals surface area contributed by atoms with Crippen molar-refractivity contribution in [2.75, 3.05) is 18.6 Å². The van der Waals surface area contributed by atoms with E-state index in [9.17, 15) is 19.5 Å². The highest BCUT2D eigenvalue weighted by Gasteiger charge is 2.55. The topological polar surface area (TPSA) is 189 Å². The van der Waals surface area contributed by atoms with Crippen molar-refractivity contribution in [1.82, 2.24) is 30.4 Å². The number of thiophene rings is 1. The second-order valence-corrected chi connectivity index (χ2v) is 12.2. The van der Waals surface area contributed by atoms with E-state index < -0.39 is 29.2 Å². The van der Waals surface area contributed by atoms with Gasteiger partial charge in [-0.25, -0.2) is 9.78 Å². The van der Waals surface area contributed by atoms with Gasteiger partial charge < -0.3 is 26.0 Å². The molecule has 1 fully saturated rings. The fourth-order valence-electron chi connectivity index (χ4n) is 3.92. The largest absolute Gasteiger partial charge is 0.477 e. The standard InChI is InChI=1S/C21H20N8O5S4/c1-8(38-21-25-15(26-27-21)11-4-3-5-35-11)9-6-36-18-13(17(31)29(18)14(9)19(32)33)24-16(30)12(28-34-2)10-7-37-20(22)23-10/h3-5,7-8,13,18H,6H2,1-2H3,(H2,22,23)(H,24,30)(H,32,33)(H,25,26,27)/t8?,13-,18+/m1/s1. The summed E-state index contributed by atoms with van der Waals surface area (Å²) in [6, 6.07) is 2.90. The molecule has 0 saturated carbocycles. The average Bonchev–Trinajstić information content (AvgIpc) is 3.67. The molecule has 3 atom stereocenters. The number of amides is 2. The molecule has 0 bridgehead atoms. The third kappa shape index (κ3) is 4.89. The summed E-state index contributed by atoms with van der Waals surface area (Å²) in [6.07, 6.45) is 0. The van der Waals surface area contributed by atoms with Gasteiger partial charge in [0, 0.05) is 16.4 Å². The van der Waals surface area contributed by atoms with E-state index in [4.69, 9.17) is 10.6 Å². The number of fused-ring (bicyclic) bond motifs is 1. The Morgan fingerprint density at radius 1 is 1.39 bits per heavy atom. The third-order valence-electron chi connectivity index (χ3n) is 5.65. The number of thioether (sulfide) groups is 2. The highest BCUT2D eigenvalue weighted by molar-refractivity contribution is 8.01. The van der Waals surface area contributed by atoms with Crippen molar-refractivity contribution in [3.8, 4) is 10.7 Å². The van der Waals surface area contributed by atoms with Gasteiger partial charge >= 0.3 is 5.97 Å². The lowest BCUT2D eigenvalue weighted by Gasteiger charge is -2.49. The number of oxime groups is 1. The molecular weight excluding hydrogens is 573 g/mol. The van der Waals surface area contributed by atoms with Gasteiger partial charge in [-0.1, -0.05) is 23.0 Å². The van der Waals surface area contributed by atoms with E-state index in [1.165, 1.54) is 46.9 Å². The molecule has 0 spiro atoms. The van der Waals surface area contributed by atoms with E-state index in [1.807, 2.05) is 24.4 Å². The van der Waals surface area contributed by atoms with Gasteiger partial charge in [0.15, 0.2) is 21.8 Å². The maximum atomic E-state index is 13.1. The molecular formula is C21H20N8O5S4. The number of nitrogens with one attached hydrogen (secondary N) is 2. The Hall–Kier alpha value is -3.41. The van der Waals surface area contributed by atoms with Gasteiger partial charge in [-0.2, -0.15) is 0 Å². The number of hydrogen-bond acceptors (Lipinski definition) is 13. The number of anilines is 1. The second kappa shape index (κ2) is 10.8. The zero-order valence-corrected chi connectivity index (χ0v) is 23.0. The van der Waals surface area contributed by atoms with Crippen LogP contribution in [-0.2, 0) is 19.2 Å². The number of aromatic amines is 1. The summed E-state index contributed by atoms with van der Waals surface area (Å²) in [6.45, 7) is 1.85. The summed E-state index contributed by atoms with van der Waals surface area (Å²) >= 11 is 5.35. The minimum Gasteiger partial charge on any atom is -0.477 e. The molecule has 3 aromatic heterocycles. The van der Waals surface area contributed by atoms with Crippen LogP contribution < -0.4 is 11.1 Å². The van der Waals surface area contributed by atoms with E-state index in [0.717, 1.165) is 16.2 Å². The van der Waals surface area contributed by atoms with Gasteiger partial charge in [0.1, 0.15) is 29.9 Å². The predicted octanol–water partition coefficient (Wildman–Crippen LogP) is 1.84. The molecule has 2 aliphatic heterocycles. The number of aliphatic carboxylic acids is 1. The van der Waals surface area contributed by atoms with Gasteiger partial charge in [0.25, 0.3) is 11.8 Å². The Bertz CT molecular complexity index is 1450. The SMILES string of the molecule is CON=C(C(=O)N[C@@H]1C(=O)N2C(C(=O)O)=C(C(C)Sc3nnc(-c4cccs4)[nH]3)CS[C@@H]12)c1csc(N)n1. The number of carbonyl (C=O) groups is 3. The smallest absolute Gasteiger partial charge is 0.352 e. The van der Waals surface area contributed by atoms with Crippen molar-refractivity contribution < 1.29 is 24.3 Å². The maximum absolute atomic E-state index is 13.1. The average molecular weight is 593 g/mol. The third-order valence-corrected chi connectivity index (χ3v) is 9.55. The lowest BCUT2D eigenvalue weighted by molar-refractivity contribution is -0.150. The number of hydrogen-bond donors (Lipinski definition) is 4. The Labute approximate surface area is 231 Å². The van der Waals surface area contributed by atoms with E-state index in [2.05, 4.69) is 30.6 Å². The summed E-state index contributed by atoms with van der Waals surface area (Å²) in [7, 11) is 1.28. The number of carboxylic acid groups (broad SMARTS) is 1. The molecule has 3 aromatic rings. The van der Waals surface area contributed by atoms with Crippen molar-refractivity contribution in [3.63, 3.8) is 0 Å². The number of nitrogens with two attached hydrogens (primary N) is 1. The monoisotopic (exact) mass is 592 g/mol. The zero-order chi connectivity index (χ0) is 27.0. The highest BCUT2D eigenvalue weighted by atomic mass is 32.2. The number of nitrogens with zero attached hydrogens (tertiary/aromatic N) is 5. The first-order valence-corrected chi connectivity index (χ1v) is 14.6. The normalized spacial score (nSPS) is 20.1. The Morgan fingerprint density at radius 2 is 2.21 bits per heavy atom. The summed E-state index contributed by atoms with van der Waals surface area (Å²) in [5.74, 6) is -1.44. The van der Waals surface area contributed by atoms with E-state index in [-0.39, 0.29) is 27.5 Å². The molecule has 0 aromatic carbocycles. The number of carbonyl (C=O) groups excluding carboxylic acids is 2. The molecule has 0 aliphatic carbocycles. The summed E-state index contributed by atoms with van der Waals surface area (Å²) in [5, 5.41) is 28.1. The van der Waals surface area contributed by atoms with Crippen LogP contribution in [-0.4, -0.2) is 83.2 Å². The van der Waals surface area contributed by atoms with Crippen molar-refractivity contribution in [2.24, 2.45) is 5.16 Å². The molecule has 5 heterocycles. The van der Waals surface area contributed by atoms with Crippen molar-refractivity contribution in [2.45, 2.75) is 28.7 Å². The molecule has 13 nitrogen and oxygen atoms in total. The van der Waals surface area contributed by atoms with Gasteiger partial charge in [-0.3, -0.25) is 14.5 Å². The summed E-state index contributed by atoms with van der Waals surface area (Å²) in [5.41, 5.74) is 6.23. The van der Waals surface area contributed by atoms with Crippen LogP contribution in [0.5, 0.6) is 0 Å². The highest BCUT2D eigenvalue weighted by Crippen LogP contribution is 2.43. The van der Waals surface area contributed by atoms with Crippen LogP contribution in [0.4, 0.5) is 5.13 Å². The number of carboxylic acids is 1. The first-order chi connectivity index (χ1) is 18.3. The van der Waals surface area contributed by atoms with E-state index in [0.29, 0.717) is 22.3 Å². The van der Waals surface area contributed by atoms with E-state index >= 15 is 0 Å². The molecule has 2 aliphatic rings. The van der Waals surface area contributed by atoms with E-state index in [1.54, 1.807) is 5.38 Å². The first-order valence-electron chi connectivity index (χ1n) is 11.0. The number of β-lactam (4-membered cyclic amide) rings is 1. The van der Waals surface area contributed by atoms with Crippen LogP contribution in [0, 0.1) is 0 Å². The van der Waals surface area contributed by atoms with Gasteiger partial charge in [0.05, 0.1) is 4.88 Å². The Kier molecular flexibility index (Phi) is 7.42. The summed E-state index contributed by atoms with van der Waals surface area (Å²) < 4.78 is 0. The van der Waals surface area contributed by atoms with Crippen molar-refractivity contribution >= 4 is 74.8 Å². The first kappa shape index (κ1) is 26.2. The molecule has 1 saturated heterocycles. The van der Waals surface area contributed by atoms with Gasteiger partial charge in [0.2, 0.25) is 0 Å². The van der Waals surface area contributed by atoms with Crippen LogP contribution in [0.25, 0.3) is 10.7 Å². The number of nitrogen functional groups attached to an aromatic ring is 1. The molecule has 5 N–H and O–H groups in total. The summed E-state index contributed by atoms with van der Waals surface area (Å²) in [4.78, 5) is 52.4. The molecule has 1 unspecified atom stereocenters. The van der Waals surface area contributed by atoms with Crippen molar-refractivity contribution in [1.29, 1.82) is 0 Å². The second-order valence-electron chi connectivity index (χ2n) is 7.95. The zero-order valence-electron chi connectivity index (χ0n) is 19.8. The van der Waals surface area contributed by atoms with Crippen LogP contribution >= 0.6 is 46.2 Å².